The highest BCUT2D eigenvalue weighted by molar-refractivity contribution is 7.17. The van der Waals surface area contributed by atoms with Crippen LogP contribution < -0.4 is 5.73 Å². The van der Waals surface area contributed by atoms with Crippen LogP contribution in [-0.2, 0) is 0 Å². The third-order valence-corrected chi connectivity index (χ3v) is 3.08. The normalized spacial score (nSPS) is 20.8. The number of aliphatic hydroxyl groups excluding tert-OH is 1. The van der Waals surface area contributed by atoms with E-state index in [4.69, 9.17) is 5.73 Å². The molecule has 0 aliphatic carbocycles. The van der Waals surface area contributed by atoms with Gasteiger partial charge in [0.2, 0.25) is 0 Å². The molecule has 0 bridgehead atoms. The molecule has 0 aliphatic rings. The molecule has 0 aromatic carbocycles. The van der Waals surface area contributed by atoms with E-state index in [0.29, 0.717) is 5.92 Å². The largest absolute Gasteiger partial charge is 0.392 e. The average molecular weight is 205 g/mol. The molecule has 0 saturated carbocycles. The number of rotatable bonds is 6. The summed E-state index contributed by atoms with van der Waals surface area (Å²) in [7, 11) is 2.71. The minimum atomic E-state index is -0.226. The fraction of sp³-hybridized carbons (Fsp3) is 1.00. The van der Waals surface area contributed by atoms with E-state index in [1.807, 2.05) is 6.92 Å². The molecular formula is C10H24NOP. The molecule has 4 unspecified atom stereocenters. The SMILES string of the molecule is CCCC(C)C(O)[C@H](P)CC(C)N. The monoisotopic (exact) mass is 205 g/mol. The Kier molecular flexibility index (Phi) is 6.93. The Bertz CT molecular complexity index is 130. The highest BCUT2D eigenvalue weighted by Gasteiger charge is 2.21. The van der Waals surface area contributed by atoms with Crippen molar-refractivity contribution in [1.82, 2.24) is 0 Å². The van der Waals surface area contributed by atoms with Gasteiger partial charge in [0, 0.05) is 11.7 Å². The second-order valence-corrected chi connectivity index (χ2v) is 4.99. The lowest BCUT2D eigenvalue weighted by Gasteiger charge is -2.25. The number of hydrogen-bond donors (Lipinski definition) is 2. The van der Waals surface area contributed by atoms with E-state index < -0.39 is 0 Å². The molecular weight excluding hydrogens is 181 g/mol. The van der Waals surface area contributed by atoms with Crippen LogP contribution in [0.25, 0.3) is 0 Å². The minimum absolute atomic E-state index is 0.172. The predicted molar refractivity (Wildman–Crippen MR) is 61.8 cm³/mol. The van der Waals surface area contributed by atoms with Crippen LogP contribution in [-0.4, -0.2) is 22.9 Å². The third-order valence-electron chi connectivity index (χ3n) is 2.41. The molecule has 0 aromatic heterocycles. The molecule has 0 heterocycles. The maximum Gasteiger partial charge on any atom is 0.0628 e. The summed E-state index contributed by atoms with van der Waals surface area (Å²) >= 11 is 0. The van der Waals surface area contributed by atoms with Crippen molar-refractivity contribution in [3.63, 3.8) is 0 Å². The Morgan fingerprint density at radius 2 is 1.92 bits per heavy atom. The first-order chi connectivity index (χ1) is 5.99. The Labute approximate surface area is 84.5 Å². The molecule has 2 nitrogen and oxygen atoms in total. The molecule has 0 fully saturated rings. The Hall–Kier alpha value is 0.350. The topological polar surface area (TPSA) is 46.2 Å². The molecule has 3 N–H and O–H groups in total. The number of nitrogens with two attached hydrogens (primary N) is 1. The van der Waals surface area contributed by atoms with Crippen LogP contribution in [0.3, 0.4) is 0 Å². The van der Waals surface area contributed by atoms with Gasteiger partial charge in [0.1, 0.15) is 0 Å². The van der Waals surface area contributed by atoms with Crippen LogP contribution >= 0.6 is 9.24 Å². The average Bonchev–Trinajstić information content (AvgIpc) is 2.02. The van der Waals surface area contributed by atoms with Gasteiger partial charge in [-0.25, -0.2) is 0 Å². The van der Waals surface area contributed by atoms with E-state index >= 15 is 0 Å². The molecule has 0 aromatic rings. The highest BCUT2D eigenvalue weighted by atomic mass is 31.0. The van der Waals surface area contributed by atoms with Crippen LogP contribution in [0.15, 0.2) is 0 Å². The molecule has 0 radical (unpaired) electrons. The van der Waals surface area contributed by atoms with Crippen molar-refractivity contribution in [2.75, 3.05) is 0 Å². The highest BCUT2D eigenvalue weighted by Crippen LogP contribution is 2.21. The zero-order valence-corrected chi connectivity index (χ0v) is 10.2. The zero-order chi connectivity index (χ0) is 10.4. The molecule has 3 heteroatoms. The Balaban J connectivity index is 3.85. The minimum Gasteiger partial charge on any atom is -0.392 e. The van der Waals surface area contributed by atoms with E-state index in [2.05, 4.69) is 23.1 Å². The van der Waals surface area contributed by atoms with Gasteiger partial charge in [0.25, 0.3) is 0 Å². The van der Waals surface area contributed by atoms with Crippen molar-refractivity contribution in [1.29, 1.82) is 0 Å². The summed E-state index contributed by atoms with van der Waals surface area (Å²) in [5, 5.41) is 9.89. The maximum atomic E-state index is 9.89. The molecule has 13 heavy (non-hydrogen) atoms. The zero-order valence-electron chi connectivity index (χ0n) is 9.03. The van der Waals surface area contributed by atoms with E-state index in [1.165, 1.54) is 0 Å². The molecule has 0 saturated heterocycles. The quantitative estimate of drug-likeness (QED) is 0.649. The first-order valence-electron chi connectivity index (χ1n) is 5.18. The lowest BCUT2D eigenvalue weighted by Crippen LogP contribution is -2.32. The van der Waals surface area contributed by atoms with Crippen molar-refractivity contribution >= 4 is 9.24 Å². The summed E-state index contributed by atoms with van der Waals surface area (Å²) < 4.78 is 0. The fourth-order valence-electron chi connectivity index (χ4n) is 1.62. The lowest BCUT2D eigenvalue weighted by molar-refractivity contribution is 0.104. The number of hydrogen-bond acceptors (Lipinski definition) is 2. The summed E-state index contributed by atoms with van der Waals surface area (Å²) in [5.41, 5.74) is 5.92. The predicted octanol–water partition coefficient (Wildman–Crippen LogP) is 1.76. The van der Waals surface area contributed by atoms with Crippen molar-refractivity contribution in [2.45, 2.75) is 57.8 Å². The molecule has 80 valence electrons. The van der Waals surface area contributed by atoms with Crippen LogP contribution in [0, 0.1) is 5.92 Å². The van der Waals surface area contributed by atoms with Crippen LogP contribution in [0.4, 0.5) is 0 Å². The van der Waals surface area contributed by atoms with Gasteiger partial charge in [-0.1, -0.05) is 20.3 Å². The summed E-state index contributed by atoms with van der Waals surface area (Å²) in [6, 6.07) is 0.172. The van der Waals surface area contributed by atoms with Gasteiger partial charge in [-0.3, -0.25) is 0 Å². The van der Waals surface area contributed by atoms with E-state index in [1.54, 1.807) is 0 Å². The molecule has 0 rings (SSSR count). The summed E-state index contributed by atoms with van der Waals surface area (Å²) in [4.78, 5) is 0. The molecule has 0 spiro atoms. The summed E-state index contributed by atoms with van der Waals surface area (Å²) in [6.45, 7) is 6.23. The van der Waals surface area contributed by atoms with Gasteiger partial charge in [-0.05, 0) is 25.7 Å². The van der Waals surface area contributed by atoms with Crippen molar-refractivity contribution in [3.8, 4) is 0 Å². The van der Waals surface area contributed by atoms with Crippen LogP contribution in [0.5, 0.6) is 0 Å². The first-order valence-corrected chi connectivity index (χ1v) is 5.84. The first kappa shape index (κ1) is 13.4. The third kappa shape index (κ3) is 5.61. The van der Waals surface area contributed by atoms with Crippen molar-refractivity contribution < 1.29 is 5.11 Å². The molecule has 0 aliphatic heterocycles. The van der Waals surface area contributed by atoms with E-state index in [9.17, 15) is 5.11 Å². The second kappa shape index (κ2) is 6.75. The van der Waals surface area contributed by atoms with E-state index in [0.717, 1.165) is 19.3 Å². The maximum absolute atomic E-state index is 9.89. The summed E-state index contributed by atoms with van der Waals surface area (Å²) in [5.74, 6) is 0.381. The smallest absolute Gasteiger partial charge is 0.0628 e. The van der Waals surface area contributed by atoms with E-state index in [-0.39, 0.29) is 17.8 Å². The Morgan fingerprint density at radius 1 is 1.38 bits per heavy atom. The van der Waals surface area contributed by atoms with Crippen molar-refractivity contribution in [3.05, 3.63) is 0 Å². The van der Waals surface area contributed by atoms with Gasteiger partial charge in [-0.15, -0.1) is 9.24 Å². The Morgan fingerprint density at radius 3 is 2.31 bits per heavy atom. The molecule has 5 atom stereocenters. The van der Waals surface area contributed by atoms with Gasteiger partial charge >= 0.3 is 0 Å². The number of aliphatic hydroxyl groups is 1. The summed E-state index contributed by atoms with van der Waals surface area (Å²) in [6.07, 6.45) is 2.87. The van der Waals surface area contributed by atoms with Crippen LogP contribution in [0.2, 0.25) is 0 Å². The fourth-order valence-corrected chi connectivity index (χ4v) is 2.43. The van der Waals surface area contributed by atoms with Crippen molar-refractivity contribution in [2.24, 2.45) is 11.7 Å². The lowest BCUT2D eigenvalue weighted by atomic mass is 9.94. The molecule has 0 amide bonds. The van der Waals surface area contributed by atoms with Crippen LogP contribution in [0.1, 0.15) is 40.0 Å². The standard InChI is InChI=1S/C10H24NOP/c1-4-5-7(2)10(12)9(13)6-8(3)11/h7-10,12H,4-6,11,13H2,1-3H3/t7?,8?,9-,10?/m1/s1. The van der Waals surface area contributed by atoms with Gasteiger partial charge in [-0.2, -0.15) is 0 Å². The van der Waals surface area contributed by atoms with Gasteiger partial charge in [0.05, 0.1) is 6.10 Å². The van der Waals surface area contributed by atoms with Gasteiger partial charge < -0.3 is 10.8 Å². The van der Waals surface area contributed by atoms with Gasteiger partial charge in [0.15, 0.2) is 0 Å². The second-order valence-electron chi connectivity index (χ2n) is 4.13.